The second kappa shape index (κ2) is 6.59. The molecule has 1 heterocycles. The molecule has 2 aliphatic rings. The van der Waals surface area contributed by atoms with E-state index in [9.17, 15) is 9.59 Å². The van der Waals surface area contributed by atoms with Crippen molar-refractivity contribution in [3.63, 3.8) is 0 Å². The van der Waals surface area contributed by atoms with Crippen LogP contribution in [-0.2, 0) is 4.79 Å². The summed E-state index contributed by atoms with van der Waals surface area (Å²) >= 11 is 0. The molecule has 2 fully saturated rings. The normalized spacial score (nSPS) is 19.7. The zero-order chi connectivity index (χ0) is 13.7. The van der Waals surface area contributed by atoms with Gasteiger partial charge in [-0.25, -0.2) is 4.79 Å². The van der Waals surface area contributed by atoms with E-state index in [1.165, 1.54) is 18.4 Å². The third kappa shape index (κ3) is 4.58. The molecule has 0 aromatic rings. The van der Waals surface area contributed by atoms with Gasteiger partial charge in [-0.1, -0.05) is 5.57 Å². The number of carbonyl (C=O) groups excluding carboxylic acids is 2. The van der Waals surface area contributed by atoms with E-state index in [1.807, 2.05) is 4.90 Å². The maximum Gasteiger partial charge on any atom is 0.318 e. The number of allylic oxidation sites excluding steroid dienone is 1. The monoisotopic (exact) mass is 265 g/mol. The van der Waals surface area contributed by atoms with Gasteiger partial charge in [0.1, 0.15) is 0 Å². The molecule has 0 radical (unpaired) electrons. The Bertz CT molecular complexity index is 375. The second-order valence-electron chi connectivity index (χ2n) is 5.40. The van der Waals surface area contributed by atoms with Crippen LogP contribution in [0.25, 0.3) is 0 Å². The summed E-state index contributed by atoms with van der Waals surface area (Å²) in [5, 5.41) is 5.55. The van der Waals surface area contributed by atoms with Gasteiger partial charge in [0.25, 0.3) is 0 Å². The molecule has 1 aliphatic carbocycles. The minimum absolute atomic E-state index is 0.159. The van der Waals surface area contributed by atoms with Crippen molar-refractivity contribution in [3.8, 4) is 0 Å². The fraction of sp³-hybridized carbons (Fsp3) is 0.714. The molecule has 0 atom stereocenters. The predicted octanol–water partition coefficient (Wildman–Crippen LogP) is 1.61. The molecule has 2 rings (SSSR count). The lowest BCUT2D eigenvalue weighted by atomic mass is 10.2. The van der Waals surface area contributed by atoms with Crippen LogP contribution in [-0.4, -0.2) is 36.5 Å². The Morgan fingerprint density at radius 1 is 1.47 bits per heavy atom. The van der Waals surface area contributed by atoms with Crippen LogP contribution in [0.5, 0.6) is 0 Å². The molecule has 2 N–H and O–H groups in total. The molecule has 0 bridgehead atoms. The van der Waals surface area contributed by atoms with Crippen LogP contribution < -0.4 is 10.6 Å². The van der Waals surface area contributed by atoms with E-state index < -0.39 is 0 Å². The smallest absolute Gasteiger partial charge is 0.318 e. The number of likely N-dealkylation sites (tertiary alicyclic amines) is 1. The molecule has 1 aliphatic heterocycles. The Morgan fingerprint density at radius 2 is 2.26 bits per heavy atom. The maximum atomic E-state index is 11.5. The fourth-order valence-corrected chi connectivity index (χ4v) is 2.30. The Kier molecular flexibility index (Phi) is 4.82. The highest BCUT2D eigenvalue weighted by molar-refractivity contribution is 5.78. The topological polar surface area (TPSA) is 61.4 Å². The van der Waals surface area contributed by atoms with Crippen molar-refractivity contribution in [2.45, 2.75) is 39.0 Å². The highest BCUT2D eigenvalue weighted by atomic mass is 16.2. The van der Waals surface area contributed by atoms with Crippen LogP contribution in [0.2, 0.25) is 0 Å². The van der Waals surface area contributed by atoms with Crippen molar-refractivity contribution in [2.75, 3.05) is 19.6 Å². The van der Waals surface area contributed by atoms with Gasteiger partial charge in [-0.3, -0.25) is 4.79 Å². The average molecular weight is 265 g/mol. The first-order valence-electron chi connectivity index (χ1n) is 7.15. The summed E-state index contributed by atoms with van der Waals surface area (Å²) < 4.78 is 0. The van der Waals surface area contributed by atoms with E-state index in [4.69, 9.17) is 0 Å². The second-order valence-corrected chi connectivity index (χ2v) is 5.40. The molecule has 5 nitrogen and oxygen atoms in total. The number of carbonyl (C=O) groups is 2. The van der Waals surface area contributed by atoms with Crippen molar-refractivity contribution >= 4 is 11.9 Å². The SMILES string of the molecule is C/C(=C\NC(=O)NCCCN1CCCC1=O)C1CC1. The van der Waals surface area contributed by atoms with E-state index in [1.54, 1.807) is 6.20 Å². The lowest BCUT2D eigenvalue weighted by molar-refractivity contribution is -0.127. The summed E-state index contributed by atoms with van der Waals surface area (Å²) in [7, 11) is 0. The van der Waals surface area contributed by atoms with Gasteiger partial charge in [-0.15, -0.1) is 0 Å². The molecule has 19 heavy (non-hydrogen) atoms. The van der Waals surface area contributed by atoms with Crippen LogP contribution in [0.15, 0.2) is 11.8 Å². The first-order chi connectivity index (χ1) is 9.16. The molecule has 0 unspecified atom stereocenters. The summed E-state index contributed by atoms with van der Waals surface area (Å²) in [6.45, 7) is 4.27. The number of amides is 3. The van der Waals surface area contributed by atoms with E-state index >= 15 is 0 Å². The van der Waals surface area contributed by atoms with Crippen LogP contribution in [0.3, 0.4) is 0 Å². The molecule has 0 aromatic heterocycles. The molecular weight excluding hydrogens is 242 g/mol. The third-order valence-electron chi connectivity index (χ3n) is 3.71. The van der Waals surface area contributed by atoms with Crippen LogP contribution in [0, 0.1) is 5.92 Å². The van der Waals surface area contributed by atoms with Gasteiger partial charge in [0.2, 0.25) is 5.91 Å². The lowest BCUT2D eigenvalue weighted by Gasteiger charge is -2.15. The molecule has 106 valence electrons. The van der Waals surface area contributed by atoms with Crippen LogP contribution >= 0.6 is 0 Å². The Hall–Kier alpha value is -1.52. The average Bonchev–Trinajstić information content (AvgIpc) is 3.16. The van der Waals surface area contributed by atoms with Crippen molar-refractivity contribution in [2.24, 2.45) is 5.92 Å². The number of nitrogens with one attached hydrogen (secondary N) is 2. The maximum absolute atomic E-state index is 11.5. The van der Waals surface area contributed by atoms with E-state index in [0.29, 0.717) is 18.9 Å². The number of hydrogen-bond donors (Lipinski definition) is 2. The molecule has 5 heteroatoms. The van der Waals surface area contributed by atoms with E-state index in [-0.39, 0.29) is 11.9 Å². The first-order valence-corrected chi connectivity index (χ1v) is 7.15. The van der Waals surface area contributed by atoms with Gasteiger partial charge in [-0.2, -0.15) is 0 Å². The van der Waals surface area contributed by atoms with Gasteiger partial charge in [0.15, 0.2) is 0 Å². The zero-order valence-electron chi connectivity index (χ0n) is 11.6. The lowest BCUT2D eigenvalue weighted by Crippen LogP contribution is -2.35. The van der Waals surface area contributed by atoms with E-state index in [0.717, 1.165) is 25.9 Å². The summed E-state index contributed by atoms with van der Waals surface area (Å²) in [5.41, 5.74) is 1.25. The number of urea groups is 1. The highest BCUT2D eigenvalue weighted by Gasteiger charge is 2.22. The molecule has 0 aromatic carbocycles. The first kappa shape index (κ1) is 13.9. The standard InChI is InChI=1S/C14H23N3O2/c1-11(12-5-6-12)10-16-14(19)15-7-3-9-17-8-2-4-13(17)18/h10,12H,2-9H2,1H3,(H2,15,16,19)/b11-10+. The largest absolute Gasteiger partial charge is 0.343 e. The van der Waals surface area contributed by atoms with Crippen LogP contribution in [0.1, 0.15) is 39.0 Å². The minimum Gasteiger partial charge on any atom is -0.343 e. The van der Waals surface area contributed by atoms with Crippen molar-refractivity contribution in [1.29, 1.82) is 0 Å². The summed E-state index contributed by atoms with van der Waals surface area (Å²) in [6.07, 6.45) is 6.75. The Morgan fingerprint density at radius 3 is 2.89 bits per heavy atom. The van der Waals surface area contributed by atoms with Gasteiger partial charge in [0, 0.05) is 32.3 Å². The fourth-order valence-electron chi connectivity index (χ4n) is 2.30. The Labute approximate surface area is 114 Å². The van der Waals surface area contributed by atoms with Gasteiger partial charge in [0.05, 0.1) is 0 Å². The Balaban J connectivity index is 1.53. The number of rotatable bonds is 6. The third-order valence-corrected chi connectivity index (χ3v) is 3.71. The summed E-state index contributed by atoms with van der Waals surface area (Å²) in [4.78, 5) is 24.7. The van der Waals surface area contributed by atoms with Crippen molar-refractivity contribution in [1.82, 2.24) is 15.5 Å². The highest BCUT2D eigenvalue weighted by Crippen LogP contribution is 2.35. The quantitative estimate of drug-likeness (QED) is 0.717. The predicted molar refractivity (Wildman–Crippen MR) is 73.4 cm³/mol. The molecule has 0 spiro atoms. The molecular formula is C14H23N3O2. The number of hydrogen-bond acceptors (Lipinski definition) is 2. The summed E-state index contributed by atoms with van der Waals surface area (Å²) in [5.74, 6) is 0.925. The zero-order valence-corrected chi connectivity index (χ0v) is 11.6. The van der Waals surface area contributed by atoms with Crippen molar-refractivity contribution < 1.29 is 9.59 Å². The van der Waals surface area contributed by atoms with Gasteiger partial charge in [-0.05, 0) is 38.5 Å². The molecule has 1 saturated heterocycles. The van der Waals surface area contributed by atoms with E-state index in [2.05, 4.69) is 17.6 Å². The minimum atomic E-state index is -0.159. The van der Waals surface area contributed by atoms with Gasteiger partial charge < -0.3 is 15.5 Å². The number of nitrogens with zero attached hydrogens (tertiary/aromatic N) is 1. The molecule has 3 amide bonds. The summed E-state index contributed by atoms with van der Waals surface area (Å²) in [6, 6.07) is -0.159. The van der Waals surface area contributed by atoms with Gasteiger partial charge >= 0.3 is 6.03 Å². The molecule has 1 saturated carbocycles. The van der Waals surface area contributed by atoms with Crippen LogP contribution in [0.4, 0.5) is 4.79 Å². The van der Waals surface area contributed by atoms with Crippen molar-refractivity contribution in [3.05, 3.63) is 11.8 Å².